The van der Waals surface area contributed by atoms with Crippen LogP contribution in [0.4, 0.5) is 0 Å². The minimum atomic E-state index is -0.733. The first-order valence-electron chi connectivity index (χ1n) is 10.1. The average molecular weight is 325 g/mol. The van der Waals surface area contributed by atoms with E-state index >= 15 is 0 Å². The van der Waals surface area contributed by atoms with Crippen LogP contribution in [0.15, 0.2) is 23.8 Å². The molecule has 0 saturated heterocycles. The first-order chi connectivity index (χ1) is 11.5. The molecule has 3 saturated carbocycles. The molecule has 1 nitrogen and oxygen atoms in total. The molecule has 0 aliphatic heterocycles. The number of aliphatic hydroxyl groups is 1. The number of allylic oxidation sites excluding steroid dienone is 3. The summed E-state index contributed by atoms with van der Waals surface area (Å²) in [5, 5.41) is 11.4. The molecule has 6 atom stereocenters. The summed E-state index contributed by atoms with van der Waals surface area (Å²) < 4.78 is 0. The predicted molar refractivity (Wildman–Crippen MR) is 99.2 cm³/mol. The topological polar surface area (TPSA) is 20.2 Å². The van der Waals surface area contributed by atoms with Gasteiger partial charge in [-0.25, -0.2) is 0 Å². The van der Waals surface area contributed by atoms with E-state index in [1.54, 1.807) is 5.57 Å². The van der Waals surface area contributed by atoms with Crippen molar-refractivity contribution in [3.63, 3.8) is 0 Å². The van der Waals surface area contributed by atoms with Gasteiger partial charge in [-0.2, -0.15) is 0 Å². The molecule has 3 fully saturated rings. The highest BCUT2D eigenvalue weighted by molar-refractivity contribution is 5.31. The molecule has 0 amide bonds. The molecule has 0 spiro atoms. The largest absolute Gasteiger partial charge is 0.377 e. The van der Waals surface area contributed by atoms with E-state index in [0.29, 0.717) is 5.92 Å². The normalized spacial score (nSPS) is 47.0. The quantitative estimate of drug-likeness (QED) is 0.652. The van der Waals surface area contributed by atoms with Crippen molar-refractivity contribution in [2.24, 2.45) is 29.1 Å². The van der Waals surface area contributed by atoms with Gasteiger partial charge in [0.05, 0.1) is 0 Å². The van der Waals surface area contributed by atoms with Crippen molar-refractivity contribution < 1.29 is 5.11 Å². The Bertz CT molecular complexity index is 632. The van der Waals surface area contributed by atoms with Crippen LogP contribution in [0.25, 0.3) is 0 Å². The SMILES string of the molecule is C=C1C=C2CCC3C(CCC4(CC)C3CCC4(O)C#CC)C2CC1. The van der Waals surface area contributed by atoms with Crippen molar-refractivity contribution in [1.82, 2.24) is 0 Å². The summed E-state index contributed by atoms with van der Waals surface area (Å²) in [7, 11) is 0. The highest BCUT2D eigenvalue weighted by Gasteiger charge is 2.63. The summed E-state index contributed by atoms with van der Waals surface area (Å²) in [6.07, 6.45) is 13.1. The molecule has 6 unspecified atom stereocenters. The Morgan fingerprint density at radius 3 is 2.75 bits per heavy atom. The zero-order chi connectivity index (χ0) is 16.9. The molecule has 4 rings (SSSR count). The van der Waals surface area contributed by atoms with Crippen LogP contribution in [0.2, 0.25) is 0 Å². The van der Waals surface area contributed by atoms with E-state index in [0.717, 1.165) is 30.6 Å². The molecule has 1 heteroatoms. The minimum absolute atomic E-state index is 0.0522. The van der Waals surface area contributed by atoms with Crippen molar-refractivity contribution in [2.45, 2.75) is 77.2 Å². The Balaban J connectivity index is 1.67. The molecule has 1 N–H and O–H groups in total. The minimum Gasteiger partial charge on any atom is -0.377 e. The number of hydrogen-bond acceptors (Lipinski definition) is 1. The van der Waals surface area contributed by atoms with E-state index in [-0.39, 0.29) is 5.41 Å². The lowest BCUT2D eigenvalue weighted by Crippen LogP contribution is -2.53. The van der Waals surface area contributed by atoms with Gasteiger partial charge in [0, 0.05) is 5.41 Å². The third-order valence-corrected chi connectivity index (χ3v) is 8.23. The summed E-state index contributed by atoms with van der Waals surface area (Å²) in [6.45, 7) is 8.37. The Hall–Kier alpha value is -1.00. The Kier molecular flexibility index (Phi) is 3.96. The highest BCUT2D eigenvalue weighted by Crippen LogP contribution is 2.66. The van der Waals surface area contributed by atoms with Gasteiger partial charge in [-0.15, -0.1) is 5.92 Å². The Labute approximate surface area is 147 Å². The summed E-state index contributed by atoms with van der Waals surface area (Å²) >= 11 is 0. The first-order valence-corrected chi connectivity index (χ1v) is 10.1. The molecule has 0 aromatic carbocycles. The zero-order valence-electron chi connectivity index (χ0n) is 15.4. The van der Waals surface area contributed by atoms with Gasteiger partial charge in [0.25, 0.3) is 0 Å². The maximum Gasteiger partial charge on any atom is 0.131 e. The lowest BCUT2D eigenvalue weighted by Gasteiger charge is -2.56. The second-order valence-corrected chi connectivity index (χ2v) is 8.82. The molecule has 0 radical (unpaired) electrons. The van der Waals surface area contributed by atoms with Gasteiger partial charge < -0.3 is 5.11 Å². The van der Waals surface area contributed by atoms with Crippen LogP contribution < -0.4 is 0 Å². The van der Waals surface area contributed by atoms with E-state index in [4.69, 9.17) is 0 Å². The van der Waals surface area contributed by atoms with Gasteiger partial charge in [-0.3, -0.25) is 0 Å². The molecule has 24 heavy (non-hydrogen) atoms. The van der Waals surface area contributed by atoms with E-state index in [1.807, 2.05) is 6.92 Å². The monoisotopic (exact) mass is 324 g/mol. The van der Waals surface area contributed by atoms with Crippen LogP contribution in [-0.2, 0) is 0 Å². The molecule has 0 aromatic heterocycles. The van der Waals surface area contributed by atoms with E-state index < -0.39 is 5.60 Å². The lowest BCUT2D eigenvalue weighted by atomic mass is 9.49. The summed E-state index contributed by atoms with van der Waals surface area (Å²) in [6, 6.07) is 0. The van der Waals surface area contributed by atoms with Crippen molar-refractivity contribution in [2.75, 3.05) is 0 Å². The molecule has 130 valence electrons. The van der Waals surface area contributed by atoms with Crippen LogP contribution in [0, 0.1) is 40.9 Å². The third-order valence-electron chi connectivity index (χ3n) is 8.23. The summed E-state index contributed by atoms with van der Waals surface area (Å²) in [5.74, 6) is 9.43. The lowest BCUT2D eigenvalue weighted by molar-refractivity contribution is -0.0992. The Morgan fingerprint density at radius 1 is 1.17 bits per heavy atom. The molecule has 4 aliphatic rings. The molecule has 4 aliphatic carbocycles. The zero-order valence-corrected chi connectivity index (χ0v) is 15.4. The highest BCUT2D eigenvalue weighted by atomic mass is 16.3. The van der Waals surface area contributed by atoms with Crippen LogP contribution in [0.3, 0.4) is 0 Å². The molecule has 0 aromatic rings. The number of fused-ring (bicyclic) bond motifs is 5. The summed E-state index contributed by atoms with van der Waals surface area (Å²) in [5.41, 5.74) is 2.35. The molecular formula is C23H32O. The summed E-state index contributed by atoms with van der Waals surface area (Å²) in [4.78, 5) is 0. The fraction of sp³-hybridized carbons (Fsp3) is 0.739. The van der Waals surface area contributed by atoms with Gasteiger partial charge in [0.1, 0.15) is 5.60 Å². The van der Waals surface area contributed by atoms with Gasteiger partial charge in [-0.05, 0) is 88.4 Å². The van der Waals surface area contributed by atoms with Crippen molar-refractivity contribution in [1.29, 1.82) is 0 Å². The molecule has 0 bridgehead atoms. The van der Waals surface area contributed by atoms with Crippen LogP contribution in [0.5, 0.6) is 0 Å². The third kappa shape index (κ3) is 2.12. The van der Waals surface area contributed by atoms with Gasteiger partial charge in [0.15, 0.2) is 0 Å². The fourth-order valence-electron chi connectivity index (χ4n) is 7.24. The van der Waals surface area contributed by atoms with E-state index in [1.165, 1.54) is 50.5 Å². The van der Waals surface area contributed by atoms with Crippen molar-refractivity contribution in [3.05, 3.63) is 23.8 Å². The Morgan fingerprint density at radius 2 is 2.00 bits per heavy atom. The molecular weight excluding hydrogens is 292 g/mol. The maximum absolute atomic E-state index is 11.4. The van der Waals surface area contributed by atoms with Gasteiger partial charge in [0.2, 0.25) is 0 Å². The van der Waals surface area contributed by atoms with Crippen molar-refractivity contribution in [3.8, 4) is 11.8 Å². The van der Waals surface area contributed by atoms with Crippen molar-refractivity contribution >= 4 is 0 Å². The van der Waals surface area contributed by atoms with Gasteiger partial charge >= 0.3 is 0 Å². The van der Waals surface area contributed by atoms with Gasteiger partial charge in [-0.1, -0.05) is 36.6 Å². The first kappa shape index (κ1) is 16.5. The maximum atomic E-state index is 11.4. The fourth-order valence-corrected chi connectivity index (χ4v) is 7.24. The second kappa shape index (κ2) is 5.77. The standard InChI is InChI=1S/C23H32O/c1-4-12-23(24)14-11-21-20-9-7-17-15-16(3)6-8-18(17)19(20)10-13-22(21,23)5-2/h15,18-21,24H,3,5-11,13-14H2,1-2H3. The van der Waals surface area contributed by atoms with Crippen LogP contribution in [-0.4, -0.2) is 10.7 Å². The average Bonchev–Trinajstić information content (AvgIpc) is 2.88. The smallest absolute Gasteiger partial charge is 0.131 e. The number of rotatable bonds is 1. The van der Waals surface area contributed by atoms with Crippen LogP contribution >= 0.6 is 0 Å². The second-order valence-electron chi connectivity index (χ2n) is 8.82. The molecule has 0 heterocycles. The van der Waals surface area contributed by atoms with Crippen LogP contribution in [0.1, 0.15) is 71.6 Å². The van der Waals surface area contributed by atoms with E-state index in [2.05, 4.69) is 31.4 Å². The predicted octanol–water partition coefficient (Wildman–Crippen LogP) is 5.26. The number of hydrogen-bond donors (Lipinski definition) is 1. The van der Waals surface area contributed by atoms with E-state index in [9.17, 15) is 5.11 Å².